The van der Waals surface area contributed by atoms with E-state index >= 15 is 0 Å². The van der Waals surface area contributed by atoms with Gasteiger partial charge in [-0.15, -0.1) is 0 Å². The first kappa shape index (κ1) is 25.9. The molecule has 0 saturated heterocycles. The highest BCUT2D eigenvalue weighted by molar-refractivity contribution is 9.10. The third-order valence-electron chi connectivity index (χ3n) is 6.59. The van der Waals surface area contributed by atoms with Crippen LogP contribution in [0.15, 0.2) is 76.1 Å². The number of carbonyl (C=O) groups excluding carboxylic acids is 2. The molecule has 3 heterocycles. The minimum absolute atomic E-state index is 0.0931. The van der Waals surface area contributed by atoms with Gasteiger partial charge in [-0.2, -0.15) is 0 Å². The van der Waals surface area contributed by atoms with Gasteiger partial charge in [0.25, 0.3) is 11.8 Å². The molecule has 1 aliphatic rings. The van der Waals surface area contributed by atoms with Gasteiger partial charge in [-0.3, -0.25) is 14.2 Å². The van der Waals surface area contributed by atoms with E-state index in [9.17, 15) is 14.4 Å². The van der Waals surface area contributed by atoms with Crippen LogP contribution in [0.1, 0.15) is 44.6 Å². The molecule has 0 saturated carbocycles. The molecule has 2 aromatic carbocycles. The van der Waals surface area contributed by atoms with Crippen molar-refractivity contribution in [3.05, 3.63) is 115 Å². The van der Waals surface area contributed by atoms with Crippen molar-refractivity contribution < 1.29 is 9.59 Å². The van der Waals surface area contributed by atoms with E-state index in [1.165, 1.54) is 4.57 Å². The zero-order chi connectivity index (χ0) is 26.8. The number of imidazole rings is 1. The SMILES string of the molecule is CCc1ccc(-n2c(C(=O)NCc3ccccc3)c3n(c2=O)CCN(C(=O)c2ccc(Br)c(Cl)c2)C3)nc1. The first-order valence-electron chi connectivity index (χ1n) is 12.2. The molecule has 2 aromatic heterocycles. The van der Waals surface area contributed by atoms with E-state index in [-0.39, 0.29) is 30.4 Å². The topological polar surface area (TPSA) is 89.2 Å². The lowest BCUT2D eigenvalue weighted by Gasteiger charge is -2.28. The highest BCUT2D eigenvalue weighted by atomic mass is 79.9. The molecule has 1 aliphatic heterocycles. The third-order valence-corrected chi connectivity index (χ3v) is 7.82. The van der Waals surface area contributed by atoms with Crippen molar-refractivity contribution in [1.29, 1.82) is 0 Å². The molecule has 0 aliphatic carbocycles. The average molecular weight is 595 g/mol. The number of amides is 2. The molecule has 4 aromatic rings. The number of nitrogens with one attached hydrogen (secondary N) is 1. The van der Waals surface area contributed by atoms with Gasteiger partial charge in [0.15, 0.2) is 0 Å². The van der Waals surface area contributed by atoms with Crippen LogP contribution in [-0.2, 0) is 26.1 Å². The molecule has 0 unspecified atom stereocenters. The maximum absolute atomic E-state index is 13.6. The van der Waals surface area contributed by atoms with E-state index in [1.807, 2.05) is 43.3 Å². The Morgan fingerprint density at radius 2 is 1.84 bits per heavy atom. The maximum atomic E-state index is 13.6. The van der Waals surface area contributed by atoms with E-state index in [1.54, 1.807) is 39.9 Å². The van der Waals surface area contributed by atoms with Crippen LogP contribution in [-0.4, -0.2) is 37.4 Å². The summed E-state index contributed by atoms with van der Waals surface area (Å²) in [6.07, 6.45) is 2.51. The van der Waals surface area contributed by atoms with Crippen LogP contribution in [0, 0.1) is 0 Å². The van der Waals surface area contributed by atoms with Crippen LogP contribution in [0.2, 0.25) is 5.02 Å². The van der Waals surface area contributed by atoms with E-state index in [0.717, 1.165) is 17.5 Å². The van der Waals surface area contributed by atoms with Crippen molar-refractivity contribution in [3.8, 4) is 5.82 Å². The predicted molar refractivity (Wildman–Crippen MR) is 149 cm³/mol. The largest absolute Gasteiger partial charge is 0.347 e. The van der Waals surface area contributed by atoms with E-state index in [4.69, 9.17) is 11.6 Å². The number of rotatable bonds is 6. The number of aryl methyl sites for hydroxylation is 1. The lowest BCUT2D eigenvalue weighted by atomic mass is 10.1. The molecule has 194 valence electrons. The second-order valence-corrected chi connectivity index (χ2v) is 10.2. The molecule has 1 N–H and O–H groups in total. The number of hydrogen-bond acceptors (Lipinski definition) is 4. The van der Waals surface area contributed by atoms with E-state index in [0.29, 0.717) is 39.7 Å². The fourth-order valence-corrected chi connectivity index (χ4v) is 4.94. The molecule has 0 bridgehead atoms. The summed E-state index contributed by atoms with van der Waals surface area (Å²) in [5, 5.41) is 3.36. The van der Waals surface area contributed by atoms with Gasteiger partial charge in [-0.1, -0.05) is 54.9 Å². The second-order valence-electron chi connectivity index (χ2n) is 8.97. The summed E-state index contributed by atoms with van der Waals surface area (Å²) in [6.45, 7) is 2.98. The molecule has 38 heavy (non-hydrogen) atoms. The van der Waals surface area contributed by atoms with Gasteiger partial charge in [-0.05, 0) is 57.7 Å². The molecule has 0 radical (unpaired) electrons. The number of benzene rings is 2. The third kappa shape index (κ3) is 5.04. The number of carbonyl (C=O) groups is 2. The zero-order valence-corrected chi connectivity index (χ0v) is 23.0. The normalized spacial score (nSPS) is 12.8. The second kappa shape index (κ2) is 11.0. The molecule has 0 spiro atoms. The molecule has 10 heteroatoms. The van der Waals surface area contributed by atoms with Crippen LogP contribution in [0.25, 0.3) is 5.82 Å². The maximum Gasteiger partial charge on any atom is 0.334 e. The molecule has 8 nitrogen and oxygen atoms in total. The first-order chi connectivity index (χ1) is 18.4. The van der Waals surface area contributed by atoms with Crippen molar-refractivity contribution in [2.75, 3.05) is 6.54 Å². The summed E-state index contributed by atoms with van der Waals surface area (Å²) < 4.78 is 3.60. The Morgan fingerprint density at radius 1 is 1.05 bits per heavy atom. The lowest BCUT2D eigenvalue weighted by molar-refractivity contribution is 0.0706. The molecule has 0 fully saturated rings. The standard InChI is InChI=1S/C28H25BrClN5O3/c1-2-18-8-11-24(31-15-18)35-25(26(36)32-16-19-6-4-3-5-7-19)23-17-33(12-13-34(23)28(35)38)27(37)20-9-10-21(29)22(30)14-20/h3-11,14-15H,2,12-13,16-17H2,1H3,(H,32,36). The Balaban J connectivity index is 1.53. The van der Waals surface area contributed by atoms with Crippen molar-refractivity contribution in [1.82, 2.24) is 24.3 Å². The fraction of sp³-hybridized carbons (Fsp3) is 0.214. The highest BCUT2D eigenvalue weighted by Gasteiger charge is 2.32. The van der Waals surface area contributed by atoms with Gasteiger partial charge in [0.05, 0.1) is 17.3 Å². The molecular formula is C28H25BrClN5O3. The molecular weight excluding hydrogens is 570 g/mol. The Bertz CT molecular complexity index is 1560. The van der Waals surface area contributed by atoms with Crippen LogP contribution >= 0.6 is 27.5 Å². The number of nitrogens with zero attached hydrogens (tertiary/aromatic N) is 4. The number of aromatic nitrogens is 3. The Morgan fingerprint density at radius 3 is 2.53 bits per heavy atom. The van der Waals surface area contributed by atoms with Gasteiger partial charge in [0.2, 0.25) is 0 Å². The van der Waals surface area contributed by atoms with E-state index in [2.05, 4.69) is 26.2 Å². The van der Waals surface area contributed by atoms with Crippen molar-refractivity contribution >= 4 is 39.3 Å². The summed E-state index contributed by atoms with van der Waals surface area (Å²) in [7, 11) is 0. The van der Waals surface area contributed by atoms with Crippen LogP contribution in [0.3, 0.4) is 0 Å². The van der Waals surface area contributed by atoms with Crippen LogP contribution in [0.4, 0.5) is 0 Å². The lowest BCUT2D eigenvalue weighted by Crippen LogP contribution is -2.41. The molecule has 0 atom stereocenters. The smallest absolute Gasteiger partial charge is 0.334 e. The Hall–Kier alpha value is -3.69. The number of halogens is 2. The van der Waals surface area contributed by atoms with Gasteiger partial charge in [-0.25, -0.2) is 14.3 Å². The van der Waals surface area contributed by atoms with Gasteiger partial charge >= 0.3 is 5.69 Å². The minimum Gasteiger partial charge on any atom is -0.347 e. The van der Waals surface area contributed by atoms with Gasteiger partial charge in [0, 0.05) is 35.9 Å². The Labute approximate surface area is 233 Å². The molecule has 5 rings (SSSR count). The summed E-state index contributed by atoms with van der Waals surface area (Å²) >= 11 is 9.56. The summed E-state index contributed by atoms with van der Waals surface area (Å²) in [4.78, 5) is 46.6. The number of fused-ring (bicyclic) bond motifs is 1. The minimum atomic E-state index is -0.415. The summed E-state index contributed by atoms with van der Waals surface area (Å²) in [5.41, 5.74) is 2.66. The molecule has 2 amide bonds. The van der Waals surface area contributed by atoms with Crippen molar-refractivity contribution in [2.45, 2.75) is 33.0 Å². The van der Waals surface area contributed by atoms with Crippen LogP contribution in [0.5, 0.6) is 0 Å². The fourth-order valence-electron chi connectivity index (χ4n) is 4.51. The monoisotopic (exact) mass is 593 g/mol. The van der Waals surface area contributed by atoms with E-state index < -0.39 is 5.91 Å². The van der Waals surface area contributed by atoms with Crippen molar-refractivity contribution in [3.63, 3.8) is 0 Å². The van der Waals surface area contributed by atoms with Crippen molar-refractivity contribution in [2.24, 2.45) is 0 Å². The van der Waals surface area contributed by atoms with Crippen LogP contribution < -0.4 is 11.0 Å². The zero-order valence-electron chi connectivity index (χ0n) is 20.7. The van der Waals surface area contributed by atoms with Gasteiger partial charge in [0.1, 0.15) is 11.5 Å². The predicted octanol–water partition coefficient (Wildman–Crippen LogP) is 4.60. The number of hydrogen-bond donors (Lipinski definition) is 1. The summed E-state index contributed by atoms with van der Waals surface area (Å²) in [5.74, 6) is -0.287. The first-order valence-corrected chi connectivity index (χ1v) is 13.4. The Kier molecular flexibility index (Phi) is 7.49. The highest BCUT2D eigenvalue weighted by Crippen LogP contribution is 2.26. The summed E-state index contributed by atoms with van der Waals surface area (Å²) in [6, 6.07) is 18.2. The average Bonchev–Trinajstić information content (AvgIpc) is 3.25. The quantitative estimate of drug-likeness (QED) is 0.354. The van der Waals surface area contributed by atoms with Gasteiger partial charge < -0.3 is 10.2 Å². The number of pyridine rings is 1.